The molecule has 6 nitrogen and oxygen atoms in total. The fourth-order valence-electron chi connectivity index (χ4n) is 2.43. The van der Waals surface area contributed by atoms with Crippen molar-refractivity contribution in [2.75, 3.05) is 12.4 Å². The van der Waals surface area contributed by atoms with Crippen LogP contribution in [0, 0.1) is 11.3 Å². The molecule has 1 heterocycles. The molecule has 0 spiro atoms. The summed E-state index contributed by atoms with van der Waals surface area (Å²) in [6.45, 7) is 0. The number of amides is 1. The third kappa shape index (κ3) is 4.35. The standard InChI is InChI=1S/C20H15ClN4O2/c1-27-18-8-2-13(3-9-18)19-15(12-23-25-19)10-14(11-22)20(26)24-17-6-4-16(21)5-7-17/h2-10,12H,1H3,(H,23,25)(H,24,26). The number of H-pyrrole nitrogens is 1. The van der Waals surface area contributed by atoms with Crippen LogP contribution in [0.1, 0.15) is 5.56 Å². The lowest BCUT2D eigenvalue weighted by atomic mass is 10.1. The molecular weight excluding hydrogens is 364 g/mol. The molecule has 0 aliphatic heterocycles. The summed E-state index contributed by atoms with van der Waals surface area (Å²) in [5, 5.41) is 19.6. The molecule has 1 amide bonds. The molecule has 3 aromatic rings. The lowest BCUT2D eigenvalue weighted by Gasteiger charge is -2.05. The Hall–Kier alpha value is -3.56. The van der Waals surface area contributed by atoms with E-state index < -0.39 is 5.91 Å². The van der Waals surface area contributed by atoms with E-state index >= 15 is 0 Å². The van der Waals surface area contributed by atoms with Gasteiger partial charge in [-0.05, 0) is 54.6 Å². The first-order chi connectivity index (χ1) is 13.1. The maximum atomic E-state index is 12.4. The van der Waals surface area contributed by atoms with E-state index in [4.69, 9.17) is 16.3 Å². The summed E-state index contributed by atoms with van der Waals surface area (Å²) < 4.78 is 5.15. The number of nitriles is 1. The number of ether oxygens (including phenoxy) is 1. The second-order valence-corrected chi connectivity index (χ2v) is 6.00. The van der Waals surface area contributed by atoms with Gasteiger partial charge in [0, 0.05) is 21.8 Å². The van der Waals surface area contributed by atoms with E-state index in [1.165, 1.54) is 6.08 Å². The van der Waals surface area contributed by atoms with E-state index in [9.17, 15) is 10.1 Å². The van der Waals surface area contributed by atoms with Gasteiger partial charge in [-0.3, -0.25) is 9.89 Å². The summed E-state index contributed by atoms with van der Waals surface area (Å²) >= 11 is 5.83. The van der Waals surface area contributed by atoms with Gasteiger partial charge >= 0.3 is 0 Å². The van der Waals surface area contributed by atoms with Crippen LogP contribution in [0.15, 0.2) is 60.3 Å². The highest BCUT2D eigenvalue weighted by molar-refractivity contribution is 6.30. The first kappa shape index (κ1) is 18.2. The second-order valence-electron chi connectivity index (χ2n) is 5.56. The Kier molecular flexibility index (Phi) is 5.55. The quantitative estimate of drug-likeness (QED) is 0.512. The topological polar surface area (TPSA) is 90.8 Å². The second kappa shape index (κ2) is 8.21. The number of benzene rings is 2. The Morgan fingerprint density at radius 3 is 2.56 bits per heavy atom. The molecule has 0 radical (unpaired) electrons. The molecule has 2 aromatic carbocycles. The number of anilines is 1. The maximum absolute atomic E-state index is 12.4. The van der Waals surface area contributed by atoms with Gasteiger partial charge in [-0.1, -0.05) is 11.6 Å². The number of hydrogen-bond acceptors (Lipinski definition) is 4. The SMILES string of the molecule is COc1ccc(-c2[nH]ncc2C=C(C#N)C(=O)Nc2ccc(Cl)cc2)cc1. The predicted molar refractivity (Wildman–Crippen MR) is 104 cm³/mol. The van der Waals surface area contributed by atoms with E-state index in [0.29, 0.717) is 22.0 Å². The largest absolute Gasteiger partial charge is 0.497 e. The van der Waals surface area contributed by atoms with Crippen molar-refractivity contribution in [2.24, 2.45) is 0 Å². The number of carbonyl (C=O) groups excluding carboxylic acids is 1. The molecule has 0 atom stereocenters. The zero-order chi connectivity index (χ0) is 19.2. The molecule has 3 rings (SSSR count). The Balaban J connectivity index is 1.85. The summed E-state index contributed by atoms with van der Waals surface area (Å²) in [5.74, 6) is 0.220. The molecule has 0 bridgehead atoms. The summed E-state index contributed by atoms with van der Waals surface area (Å²) in [6.07, 6.45) is 3.06. The fraction of sp³-hybridized carbons (Fsp3) is 0.0500. The highest BCUT2D eigenvalue weighted by Crippen LogP contribution is 2.25. The maximum Gasteiger partial charge on any atom is 0.266 e. The van der Waals surface area contributed by atoms with Gasteiger partial charge in [0.2, 0.25) is 0 Å². The molecule has 7 heteroatoms. The molecule has 0 aliphatic rings. The molecule has 0 fully saturated rings. The number of nitrogens with zero attached hydrogens (tertiary/aromatic N) is 2. The predicted octanol–water partition coefficient (Wildman–Crippen LogP) is 4.28. The van der Waals surface area contributed by atoms with Crippen molar-refractivity contribution < 1.29 is 9.53 Å². The Morgan fingerprint density at radius 2 is 1.93 bits per heavy atom. The number of hydrogen-bond donors (Lipinski definition) is 2. The number of aromatic amines is 1. The number of halogens is 1. The van der Waals surface area contributed by atoms with Crippen molar-refractivity contribution in [2.45, 2.75) is 0 Å². The van der Waals surface area contributed by atoms with Crippen molar-refractivity contribution in [3.8, 4) is 23.1 Å². The lowest BCUT2D eigenvalue weighted by Crippen LogP contribution is -2.13. The van der Waals surface area contributed by atoms with E-state index in [1.807, 2.05) is 30.3 Å². The normalized spacial score (nSPS) is 10.9. The smallest absolute Gasteiger partial charge is 0.266 e. The summed E-state index contributed by atoms with van der Waals surface area (Å²) in [7, 11) is 1.60. The van der Waals surface area contributed by atoms with Gasteiger partial charge < -0.3 is 10.1 Å². The van der Waals surface area contributed by atoms with Gasteiger partial charge in [0.1, 0.15) is 17.4 Å². The van der Waals surface area contributed by atoms with E-state index in [0.717, 1.165) is 11.3 Å². The number of rotatable bonds is 5. The fourth-order valence-corrected chi connectivity index (χ4v) is 2.56. The third-order valence-corrected chi connectivity index (χ3v) is 4.07. The van der Waals surface area contributed by atoms with E-state index in [2.05, 4.69) is 15.5 Å². The van der Waals surface area contributed by atoms with Crippen molar-refractivity contribution >= 4 is 29.3 Å². The highest BCUT2D eigenvalue weighted by atomic mass is 35.5. The van der Waals surface area contributed by atoms with Crippen molar-refractivity contribution in [3.63, 3.8) is 0 Å². The molecule has 2 N–H and O–H groups in total. The van der Waals surface area contributed by atoms with Gasteiger partial charge in [-0.15, -0.1) is 0 Å². The molecule has 27 heavy (non-hydrogen) atoms. The van der Waals surface area contributed by atoms with Gasteiger partial charge in [0.05, 0.1) is 19.0 Å². The van der Waals surface area contributed by atoms with Crippen molar-refractivity contribution in [1.29, 1.82) is 5.26 Å². The third-order valence-electron chi connectivity index (χ3n) is 3.81. The van der Waals surface area contributed by atoms with Crippen LogP contribution in [0.3, 0.4) is 0 Å². The van der Waals surface area contributed by atoms with Crippen molar-refractivity contribution in [3.05, 3.63) is 70.9 Å². The van der Waals surface area contributed by atoms with Crippen LogP contribution >= 0.6 is 11.6 Å². The van der Waals surface area contributed by atoms with Gasteiger partial charge in [-0.2, -0.15) is 10.4 Å². The average molecular weight is 379 g/mol. The van der Waals surface area contributed by atoms with Crippen LogP contribution in [0.2, 0.25) is 5.02 Å². The molecule has 1 aromatic heterocycles. The van der Waals surface area contributed by atoms with Crippen molar-refractivity contribution in [1.82, 2.24) is 10.2 Å². The number of aromatic nitrogens is 2. The average Bonchev–Trinajstić information content (AvgIpc) is 3.16. The molecule has 0 unspecified atom stereocenters. The van der Waals surface area contributed by atoms with E-state index in [1.54, 1.807) is 37.6 Å². The van der Waals surface area contributed by atoms with Gasteiger partial charge in [0.25, 0.3) is 5.91 Å². The Morgan fingerprint density at radius 1 is 1.22 bits per heavy atom. The summed E-state index contributed by atoms with van der Waals surface area (Å²) in [4.78, 5) is 12.4. The zero-order valence-corrected chi connectivity index (χ0v) is 15.1. The molecule has 0 aliphatic carbocycles. The van der Waals surface area contributed by atoms with Crippen LogP contribution < -0.4 is 10.1 Å². The first-order valence-corrected chi connectivity index (χ1v) is 8.35. The monoisotopic (exact) mass is 378 g/mol. The van der Waals surface area contributed by atoms with Crippen LogP contribution in [0.25, 0.3) is 17.3 Å². The van der Waals surface area contributed by atoms with Crippen LogP contribution in [0.4, 0.5) is 5.69 Å². The number of methoxy groups -OCH3 is 1. The summed E-state index contributed by atoms with van der Waals surface area (Å²) in [5.41, 5.74) is 2.69. The minimum atomic E-state index is -0.512. The molecule has 0 saturated carbocycles. The van der Waals surface area contributed by atoms with Crippen LogP contribution in [-0.2, 0) is 4.79 Å². The highest BCUT2D eigenvalue weighted by Gasteiger charge is 2.13. The number of carbonyl (C=O) groups is 1. The van der Waals surface area contributed by atoms with Crippen LogP contribution in [-0.4, -0.2) is 23.2 Å². The first-order valence-electron chi connectivity index (χ1n) is 7.97. The van der Waals surface area contributed by atoms with Gasteiger partial charge in [-0.25, -0.2) is 0 Å². The van der Waals surface area contributed by atoms with Crippen LogP contribution in [0.5, 0.6) is 5.75 Å². The minimum absolute atomic E-state index is 0.0406. The Labute approximate surface area is 161 Å². The molecular formula is C20H15ClN4O2. The zero-order valence-electron chi connectivity index (χ0n) is 14.4. The minimum Gasteiger partial charge on any atom is -0.497 e. The van der Waals surface area contributed by atoms with E-state index in [-0.39, 0.29) is 5.57 Å². The Bertz CT molecular complexity index is 1020. The molecule has 0 saturated heterocycles. The lowest BCUT2D eigenvalue weighted by molar-refractivity contribution is -0.112. The molecule has 134 valence electrons. The van der Waals surface area contributed by atoms with Gasteiger partial charge in [0.15, 0.2) is 0 Å². The number of nitrogens with one attached hydrogen (secondary N) is 2. The summed E-state index contributed by atoms with van der Waals surface area (Å²) in [6, 6.07) is 15.9.